The SMILES string of the molecule is O=C(Nc1ccccc1F)[C@@H]1CC(=O)N(c2ccc(F)cc2)C1. The van der Waals surface area contributed by atoms with Crippen molar-refractivity contribution in [2.75, 3.05) is 16.8 Å². The van der Waals surface area contributed by atoms with Crippen molar-refractivity contribution in [2.24, 2.45) is 5.92 Å². The first-order chi connectivity index (χ1) is 11.0. The Hall–Kier alpha value is -2.76. The average molecular weight is 316 g/mol. The molecule has 1 aliphatic rings. The third-order valence-electron chi connectivity index (χ3n) is 3.77. The fraction of sp³-hybridized carbons (Fsp3) is 0.176. The van der Waals surface area contributed by atoms with E-state index >= 15 is 0 Å². The Labute approximate surface area is 131 Å². The van der Waals surface area contributed by atoms with E-state index in [0.717, 1.165) is 0 Å². The third-order valence-corrected chi connectivity index (χ3v) is 3.77. The van der Waals surface area contributed by atoms with Gasteiger partial charge < -0.3 is 10.2 Å². The predicted octanol–water partition coefficient (Wildman–Crippen LogP) is 2.96. The lowest BCUT2D eigenvalue weighted by Crippen LogP contribution is -2.28. The second-order valence-electron chi connectivity index (χ2n) is 5.35. The van der Waals surface area contributed by atoms with Gasteiger partial charge in [0.05, 0.1) is 11.6 Å². The molecule has 0 aliphatic carbocycles. The first kappa shape index (κ1) is 15.1. The van der Waals surface area contributed by atoms with Crippen molar-refractivity contribution < 1.29 is 18.4 Å². The smallest absolute Gasteiger partial charge is 0.229 e. The Bertz CT molecular complexity index is 747. The number of amides is 2. The van der Waals surface area contributed by atoms with Gasteiger partial charge in [0.15, 0.2) is 0 Å². The molecule has 6 heteroatoms. The highest BCUT2D eigenvalue weighted by Gasteiger charge is 2.35. The van der Waals surface area contributed by atoms with Crippen LogP contribution < -0.4 is 10.2 Å². The normalized spacial score (nSPS) is 17.4. The monoisotopic (exact) mass is 316 g/mol. The van der Waals surface area contributed by atoms with E-state index in [1.807, 2.05) is 0 Å². The van der Waals surface area contributed by atoms with Crippen LogP contribution in [0.15, 0.2) is 48.5 Å². The van der Waals surface area contributed by atoms with Crippen molar-refractivity contribution >= 4 is 23.2 Å². The first-order valence-electron chi connectivity index (χ1n) is 7.16. The molecule has 4 nitrogen and oxygen atoms in total. The van der Waals surface area contributed by atoms with Gasteiger partial charge in [0, 0.05) is 18.7 Å². The lowest BCUT2D eigenvalue weighted by Gasteiger charge is -2.16. The van der Waals surface area contributed by atoms with Gasteiger partial charge >= 0.3 is 0 Å². The molecule has 0 unspecified atom stereocenters. The second-order valence-corrected chi connectivity index (χ2v) is 5.35. The molecule has 0 bridgehead atoms. The van der Waals surface area contributed by atoms with Crippen LogP contribution in [-0.2, 0) is 9.59 Å². The molecule has 1 N–H and O–H groups in total. The van der Waals surface area contributed by atoms with Crippen molar-refractivity contribution in [3.8, 4) is 0 Å². The lowest BCUT2D eigenvalue weighted by molar-refractivity contribution is -0.122. The molecule has 23 heavy (non-hydrogen) atoms. The van der Waals surface area contributed by atoms with Crippen LogP contribution in [0.1, 0.15) is 6.42 Å². The second kappa shape index (κ2) is 6.16. The maximum Gasteiger partial charge on any atom is 0.229 e. The number of carbonyl (C=O) groups excluding carboxylic acids is 2. The summed E-state index contributed by atoms with van der Waals surface area (Å²) < 4.78 is 26.5. The summed E-state index contributed by atoms with van der Waals surface area (Å²) >= 11 is 0. The fourth-order valence-electron chi connectivity index (χ4n) is 2.55. The number of para-hydroxylation sites is 1. The topological polar surface area (TPSA) is 49.4 Å². The molecule has 118 valence electrons. The maximum absolute atomic E-state index is 13.6. The number of halogens is 2. The van der Waals surface area contributed by atoms with Gasteiger partial charge in [-0.1, -0.05) is 12.1 Å². The standard InChI is InChI=1S/C17H14F2N2O2/c18-12-5-7-13(8-6-12)21-10-11(9-16(21)22)17(23)20-15-4-2-1-3-14(15)19/h1-8,11H,9-10H2,(H,20,23)/t11-/m1/s1. The van der Waals surface area contributed by atoms with Crippen molar-refractivity contribution in [1.29, 1.82) is 0 Å². The number of anilines is 2. The summed E-state index contributed by atoms with van der Waals surface area (Å²) in [6, 6.07) is 11.4. The third kappa shape index (κ3) is 3.21. The summed E-state index contributed by atoms with van der Waals surface area (Å²) in [6.07, 6.45) is 0.0393. The molecule has 2 aromatic carbocycles. The van der Waals surface area contributed by atoms with Crippen LogP contribution in [0, 0.1) is 17.6 Å². The molecule has 0 aromatic heterocycles. The molecule has 0 saturated carbocycles. The van der Waals surface area contributed by atoms with Gasteiger partial charge in [-0.2, -0.15) is 0 Å². The summed E-state index contributed by atoms with van der Waals surface area (Å²) in [7, 11) is 0. The van der Waals surface area contributed by atoms with Crippen molar-refractivity contribution in [2.45, 2.75) is 6.42 Å². The van der Waals surface area contributed by atoms with Crippen molar-refractivity contribution in [3.05, 3.63) is 60.2 Å². The van der Waals surface area contributed by atoms with E-state index in [0.29, 0.717) is 5.69 Å². The minimum Gasteiger partial charge on any atom is -0.323 e. The predicted molar refractivity (Wildman–Crippen MR) is 81.9 cm³/mol. The highest BCUT2D eigenvalue weighted by atomic mass is 19.1. The summed E-state index contributed by atoms with van der Waals surface area (Å²) in [5.41, 5.74) is 0.628. The molecule has 1 heterocycles. The zero-order valence-corrected chi connectivity index (χ0v) is 12.1. The van der Waals surface area contributed by atoms with Crippen LogP contribution in [0.5, 0.6) is 0 Å². The lowest BCUT2D eigenvalue weighted by atomic mass is 10.1. The van der Waals surface area contributed by atoms with Crippen LogP contribution in [-0.4, -0.2) is 18.4 Å². The average Bonchev–Trinajstić information content (AvgIpc) is 2.92. The summed E-state index contributed by atoms with van der Waals surface area (Å²) in [5, 5.41) is 2.50. The largest absolute Gasteiger partial charge is 0.323 e. The molecule has 1 saturated heterocycles. The van der Waals surface area contributed by atoms with E-state index in [-0.39, 0.29) is 24.6 Å². The zero-order valence-electron chi connectivity index (χ0n) is 12.1. The van der Waals surface area contributed by atoms with Gasteiger partial charge in [0.2, 0.25) is 11.8 Å². The molecule has 0 radical (unpaired) electrons. The number of carbonyl (C=O) groups is 2. The van der Waals surface area contributed by atoms with E-state index in [9.17, 15) is 18.4 Å². The van der Waals surface area contributed by atoms with Crippen LogP contribution >= 0.6 is 0 Å². The van der Waals surface area contributed by atoms with E-state index in [1.165, 1.54) is 47.4 Å². The van der Waals surface area contributed by atoms with Gasteiger partial charge in [0.1, 0.15) is 11.6 Å². The molecular formula is C17H14F2N2O2. The number of rotatable bonds is 3. The van der Waals surface area contributed by atoms with Gasteiger partial charge in [-0.25, -0.2) is 8.78 Å². The van der Waals surface area contributed by atoms with E-state index in [1.54, 1.807) is 6.07 Å². The molecule has 2 amide bonds. The van der Waals surface area contributed by atoms with Crippen molar-refractivity contribution in [3.63, 3.8) is 0 Å². The zero-order chi connectivity index (χ0) is 16.4. The number of hydrogen-bond donors (Lipinski definition) is 1. The van der Waals surface area contributed by atoms with E-state index in [4.69, 9.17) is 0 Å². The number of nitrogens with one attached hydrogen (secondary N) is 1. The van der Waals surface area contributed by atoms with Gasteiger partial charge in [-0.05, 0) is 36.4 Å². The highest BCUT2D eigenvalue weighted by molar-refractivity contribution is 6.03. The first-order valence-corrected chi connectivity index (χ1v) is 7.16. The molecule has 2 aromatic rings. The van der Waals surface area contributed by atoms with Crippen LogP contribution in [0.3, 0.4) is 0 Å². The maximum atomic E-state index is 13.6. The molecule has 1 aliphatic heterocycles. The molecule has 1 atom stereocenters. The van der Waals surface area contributed by atoms with Crippen LogP contribution in [0.25, 0.3) is 0 Å². The quantitative estimate of drug-likeness (QED) is 0.946. The molecule has 0 spiro atoms. The van der Waals surface area contributed by atoms with E-state index in [2.05, 4.69) is 5.32 Å². The fourth-order valence-corrected chi connectivity index (χ4v) is 2.55. The number of benzene rings is 2. The van der Waals surface area contributed by atoms with Crippen LogP contribution in [0.4, 0.5) is 20.2 Å². The Morgan fingerprint density at radius 2 is 1.78 bits per heavy atom. The highest BCUT2D eigenvalue weighted by Crippen LogP contribution is 2.26. The minimum absolute atomic E-state index is 0.0393. The van der Waals surface area contributed by atoms with E-state index < -0.39 is 23.5 Å². The Kier molecular flexibility index (Phi) is 4.06. The summed E-state index contributed by atoms with van der Waals surface area (Å²) in [4.78, 5) is 25.7. The molecule has 1 fully saturated rings. The summed E-state index contributed by atoms with van der Waals surface area (Å²) in [6.45, 7) is 0.185. The Morgan fingerprint density at radius 3 is 2.48 bits per heavy atom. The van der Waals surface area contributed by atoms with Crippen molar-refractivity contribution in [1.82, 2.24) is 0 Å². The van der Waals surface area contributed by atoms with Gasteiger partial charge in [-0.3, -0.25) is 9.59 Å². The molecule has 3 rings (SSSR count). The Morgan fingerprint density at radius 1 is 1.09 bits per heavy atom. The Balaban J connectivity index is 1.71. The number of hydrogen-bond acceptors (Lipinski definition) is 2. The van der Waals surface area contributed by atoms with Gasteiger partial charge in [0.25, 0.3) is 0 Å². The summed E-state index contributed by atoms with van der Waals surface area (Å²) in [5.74, 6) is -2.12. The van der Waals surface area contributed by atoms with Gasteiger partial charge in [-0.15, -0.1) is 0 Å². The van der Waals surface area contributed by atoms with Crippen LogP contribution in [0.2, 0.25) is 0 Å². The molecular weight excluding hydrogens is 302 g/mol. The number of nitrogens with zero attached hydrogens (tertiary/aromatic N) is 1. The minimum atomic E-state index is -0.577.